The summed E-state index contributed by atoms with van der Waals surface area (Å²) < 4.78 is 13.5. The summed E-state index contributed by atoms with van der Waals surface area (Å²) in [4.78, 5) is 42.1. The molecule has 2 amide bonds. The molecule has 0 unspecified atom stereocenters. The van der Waals surface area contributed by atoms with E-state index in [9.17, 15) is 19.8 Å². The minimum absolute atomic E-state index is 0.0535. The van der Waals surface area contributed by atoms with Crippen molar-refractivity contribution < 1.29 is 29.3 Å². The molecule has 0 saturated heterocycles. The number of carbonyl (C=O) groups is 2. The van der Waals surface area contributed by atoms with Gasteiger partial charge in [-0.25, -0.2) is 0 Å². The number of rotatable bonds is 8. The summed E-state index contributed by atoms with van der Waals surface area (Å²) >= 11 is 5.45. The van der Waals surface area contributed by atoms with E-state index in [1.165, 1.54) is 47.0 Å². The van der Waals surface area contributed by atoms with Gasteiger partial charge in [0, 0.05) is 23.2 Å². The molecule has 14 heteroatoms. The van der Waals surface area contributed by atoms with Gasteiger partial charge in [-0.3, -0.25) is 19.6 Å². The zero-order valence-electron chi connectivity index (χ0n) is 45.0. The van der Waals surface area contributed by atoms with Crippen LogP contribution >= 0.6 is 47.0 Å². The van der Waals surface area contributed by atoms with Crippen LogP contribution < -0.4 is 20.1 Å². The van der Waals surface area contributed by atoms with Crippen molar-refractivity contribution in [3.05, 3.63) is 144 Å². The Bertz CT molecular complexity index is 3230. The van der Waals surface area contributed by atoms with Gasteiger partial charge >= 0.3 is 0 Å². The van der Waals surface area contributed by atoms with Crippen molar-refractivity contribution in [2.45, 2.75) is 144 Å². The lowest BCUT2D eigenvalue weighted by molar-refractivity contribution is -0.118. The van der Waals surface area contributed by atoms with Crippen LogP contribution in [0.1, 0.15) is 105 Å². The monoisotopic (exact) mass is 1090 g/mol. The number of carbonyl (C=O) groups excluding carboxylic acids is 2. The number of nitrogens with one attached hydrogen (secondary N) is 2. The maximum atomic E-state index is 14.0. The number of amides is 2. The van der Waals surface area contributed by atoms with Gasteiger partial charge in [0.1, 0.15) is 23.0 Å². The zero-order chi connectivity index (χ0) is 54.5. The molecule has 8 bridgehead atoms. The summed E-state index contributed by atoms with van der Waals surface area (Å²) in [7, 11) is 0. The highest BCUT2D eigenvalue weighted by Gasteiger charge is 2.30. The minimum atomic E-state index is -0.378. The Morgan fingerprint density at radius 2 is 0.711 bits per heavy atom. The van der Waals surface area contributed by atoms with Crippen LogP contribution in [0, 0.1) is 0 Å². The van der Waals surface area contributed by atoms with Crippen molar-refractivity contribution in [1.29, 1.82) is 0 Å². The summed E-state index contributed by atoms with van der Waals surface area (Å²) in [5, 5.41) is 33.3. The van der Waals surface area contributed by atoms with E-state index in [4.69, 9.17) is 9.47 Å². The van der Waals surface area contributed by atoms with Crippen LogP contribution in [0.2, 0.25) is 0 Å². The van der Waals surface area contributed by atoms with Crippen LogP contribution in [-0.2, 0) is 31.2 Å². The number of ether oxygens (including phenoxy) is 2. The highest BCUT2D eigenvalue weighted by Crippen LogP contribution is 2.56. The van der Waals surface area contributed by atoms with Crippen LogP contribution in [-0.4, -0.2) is 45.2 Å². The average molecular weight is 1090 g/mol. The van der Waals surface area contributed by atoms with Crippen LogP contribution in [0.3, 0.4) is 0 Å². The molecule has 1 aliphatic rings. The van der Waals surface area contributed by atoms with Crippen LogP contribution in [0.4, 0.5) is 11.4 Å². The highest BCUT2D eigenvalue weighted by atomic mass is 32.2. The second-order valence-corrected chi connectivity index (χ2v) is 27.4. The maximum Gasteiger partial charge on any atom is 0.262 e. The first-order valence-corrected chi connectivity index (χ1v) is 28.4. The van der Waals surface area contributed by atoms with E-state index in [0.29, 0.717) is 73.1 Å². The number of para-hydroxylation sites is 2. The number of pyridine rings is 2. The number of phenols is 2. The Balaban J connectivity index is 1.23. The topological polar surface area (TPSA) is 143 Å². The summed E-state index contributed by atoms with van der Waals surface area (Å²) in [5.41, 5.74) is 5.01. The standard InChI is InChI=1S/C62H64N4O6S4/c1-59(2,3)37-25-43-55(69)44(26-37)74-48-30-40(62(10,11)12)32-50(58(48)72-34-52(68)66-42-22-14-18-36-20-16-24-64-54(36)42)76-46-28-38(60(4,5)6)27-45(56(46)70)75-49-31-39(61(7,8)9)29-47(73-43)57(49)71-33-51(67)65-41-21-13-17-35-19-15-23-63-53(35)41/h13-32,69-70H,33-34H2,1-12H3,(H,65,67)(H,66,68). The van der Waals surface area contributed by atoms with Crippen molar-refractivity contribution in [3.63, 3.8) is 0 Å². The summed E-state index contributed by atoms with van der Waals surface area (Å²) in [6.07, 6.45) is 3.40. The molecule has 6 aromatic carbocycles. The molecule has 0 fully saturated rings. The number of hydrogen-bond acceptors (Lipinski definition) is 12. The predicted molar refractivity (Wildman–Crippen MR) is 312 cm³/mol. The fourth-order valence-corrected chi connectivity index (χ4v) is 13.0. The molecule has 8 aromatic rings. The molecule has 2 aromatic heterocycles. The first-order valence-electron chi connectivity index (χ1n) is 25.2. The van der Waals surface area contributed by atoms with Gasteiger partial charge in [-0.05, 0) is 117 Å². The molecule has 0 atom stereocenters. The Morgan fingerprint density at radius 3 is 1.00 bits per heavy atom. The lowest BCUT2D eigenvalue weighted by Crippen LogP contribution is -2.21. The third-order valence-electron chi connectivity index (χ3n) is 13.0. The first kappa shape index (κ1) is 54.5. The molecule has 1 aliphatic heterocycles. The lowest BCUT2D eigenvalue weighted by Gasteiger charge is -2.27. The van der Waals surface area contributed by atoms with Crippen LogP contribution in [0.25, 0.3) is 21.8 Å². The molecule has 9 rings (SSSR count). The molecule has 76 heavy (non-hydrogen) atoms. The SMILES string of the molecule is CC(C)(C)c1cc2c(O)c(c1)Sc1cc(C(C)(C)C)cc(c1OCC(=O)Nc1cccc3cccnc13)Sc1cc(C(C)(C)C)cc(c1O)Sc1cc(C(C)(C)C)cc(c1OCC(=O)Nc1cccc3cccnc13)S2. The van der Waals surface area contributed by atoms with Gasteiger partial charge in [0.15, 0.2) is 13.2 Å². The van der Waals surface area contributed by atoms with Crippen LogP contribution in [0.15, 0.2) is 161 Å². The van der Waals surface area contributed by atoms with Crippen molar-refractivity contribution in [2.24, 2.45) is 0 Å². The van der Waals surface area contributed by atoms with Crippen molar-refractivity contribution in [2.75, 3.05) is 23.8 Å². The minimum Gasteiger partial charge on any atom is -0.506 e. The van der Waals surface area contributed by atoms with E-state index in [2.05, 4.69) is 128 Å². The molecule has 10 nitrogen and oxygen atoms in total. The predicted octanol–water partition coefficient (Wildman–Crippen LogP) is 16.3. The number of fused-ring (bicyclic) bond motifs is 10. The molecule has 4 N–H and O–H groups in total. The van der Waals surface area contributed by atoms with E-state index in [1.807, 2.05) is 84.9 Å². The molecule has 0 spiro atoms. The van der Waals surface area contributed by atoms with Gasteiger partial charge < -0.3 is 30.3 Å². The second-order valence-electron chi connectivity index (χ2n) is 23.1. The Kier molecular flexibility index (Phi) is 15.2. The number of aromatic nitrogens is 2. The van der Waals surface area contributed by atoms with Crippen molar-refractivity contribution in [1.82, 2.24) is 9.97 Å². The molecule has 392 valence electrons. The second kappa shape index (κ2) is 21.2. The van der Waals surface area contributed by atoms with Gasteiger partial charge in [0.05, 0.1) is 61.6 Å². The summed E-state index contributed by atoms with van der Waals surface area (Å²) in [5.74, 6) is 0.210. The van der Waals surface area contributed by atoms with Gasteiger partial charge in [-0.1, -0.05) is 167 Å². The highest BCUT2D eigenvalue weighted by molar-refractivity contribution is 8.01. The van der Waals surface area contributed by atoms with Crippen molar-refractivity contribution in [3.8, 4) is 23.0 Å². The van der Waals surface area contributed by atoms with E-state index in [0.717, 1.165) is 33.0 Å². The summed E-state index contributed by atoms with van der Waals surface area (Å²) in [6, 6.07) is 35.3. The molecule has 3 heterocycles. The lowest BCUT2D eigenvalue weighted by atomic mass is 9.87. The Hall–Kier alpha value is -6.32. The largest absolute Gasteiger partial charge is 0.506 e. The van der Waals surface area contributed by atoms with Gasteiger partial charge in [0.2, 0.25) is 0 Å². The van der Waals surface area contributed by atoms with E-state index in [-0.39, 0.29) is 58.2 Å². The number of aromatic hydroxyl groups is 2. The Labute approximate surface area is 463 Å². The summed E-state index contributed by atoms with van der Waals surface area (Å²) in [6.45, 7) is 25.0. The number of hydrogen-bond donors (Lipinski definition) is 4. The molecule has 0 radical (unpaired) electrons. The third kappa shape index (κ3) is 12.1. The quantitative estimate of drug-likeness (QED) is 0.115. The van der Waals surface area contributed by atoms with Crippen LogP contribution in [0.5, 0.6) is 23.0 Å². The van der Waals surface area contributed by atoms with Gasteiger partial charge in [0.25, 0.3) is 11.8 Å². The fraction of sp³-hybridized carbons (Fsp3) is 0.290. The van der Waals surface area contributed by atoms with E-state index >= 15 is 0 Å². The molecular formula is C62H64N4O6S4. The zero-order valence-corrected chi connectivity index (χ0v) is 48.3. The fourth-order valence-electron chi connectivity index (χ4n) is 8.48. The van der Waals surface area contributed by atoms with E-state index < -0.39 is 0 Å². The molecular weight excluding hydrogens is 1020 g/mol. The number of anilines is 2. The Morgan fingerprint density at radius 1 is 0.434 bits per heavy atom. The van der Waals surface area contributed by atoms with Gasteiger partial charge in [-0.2, -0.15) is 0 Å². The number of phenolic OH excluding ortho intramolecular Hbond substituents is 2. The maximum absolute atomic E-state index is 14.0. The van der Waals surface area contributed by atoms with E-state index in [1.54, 1.807) is 12.4 Å². The smallest absolute Gasteiger partial charge is 0.262 e. The number of benzene rings is 6. The van der Waals surface area contributed by atoms with Crippen molar-refractivity contribution >= 4 is 92.0 Å². The third-order valence-corrected chi connectivity index (χ3v) is 17.2. The molecule has 0 saturated carbocycles. The number of nitrogens with zero attached hydrogens (tertiary/aromatic N) is 2. The van der Waals surface area contributed by atoms with Gasteiger partial charge in [-0.15, -0.1) is 0 Å². The average Bonchev–Trinajstić information content (AvgIpc) is 3.35. The molecule has 0 aliphatic carbocycles. The normalized spacial score (nSPS) is 13.1. The first-order chi connectivity index (χ1) is 35.8.